The molecule has 5 heteroatoms. The van der Waals surface area contributed by atoms with Crippen molar-refractivity contribution < 1.29 is 9.13 Å². The Balaban J connectivity index is 2.38. The van der Waals surface area contributed by atoms with Gasteiger partial charge in [0.15, 0.2) is 5.75 Å². The number of para-hydroxylation sites is 1. The maximum Gasteiger partial charge on any atom is 0.153 e. The summed E-state index contributed by atoms with van der Waals surface area (Å²) in [5, 5.41) is 0.845. The second-order valence-corrected chi connectivity index (χ2v) is 4.17. The van der Waals surface area contributed by atoms with E-state index in [1.807, 2.05) is 0 Å². The van der Waals surface area contributed by atoms with Gasteiger partial charge in [-0.15, -0.1) is 0 Å². The molecule has 0 aromatic heterocycles. The minimum Gasteiger partial charge on any atom is -0.453 e. The molecule has 2 aromatic rings. The molecule has 88 valence electrons. The maximum atomic E-state index is 13.2. The zero-order chi connectivity index (χ0) is 12.4. The first kappa shape index (κ1) is 12.0. The Morgan fingerprint density at radius 1 is 1.06 bits per heavy atom. The van der Waals surface area contributed by atoms with Gasteiger partial charge >= 0.3 is 0 Å². The molecule has 0 aliphatic rings. The van der Waals surface area contributed by atoms with E-state index in [0.717, 1.165) is 0 Å². The van der Waals surface area contributed by atoms with E-state index >= 15 is 0 Å². The van der Waals surface area contributed by atoms with Crippen LogP contribution in [-0.4, -0.2) is 0 Å². The number of hydrogen-bond acceptors (Lipinski definition) is 2. The number of ether oxygens (including phenoxy) is 1. The third-order valence-electron chi connectivity index (χ3n) is 2.13. The van der Waals surface area contributed by atoms with Crippen molar-refractivity contribution in [2.75, 3.05) is 5.73 Å². The van der Waals surface area contributed by atoms with E-state index in [4.69, 9.17) is 33.7 Å². The van der Waals surface area contributed by atoms with Crippen molar-refractivity contribution >= 4 is 28.9 Å². The fraction of sp³-hybridized carbons (Fsp3) is 0. The van der Waals surface area contributed by atoms with Crippen LogP contribution in [0, 0.1) is 5.82 Å². The molecule has 2 rings (SSSR count). The van der Waals surface area contributed by atoms with Gasteiger partial charge in [-0.05, 0) is 24.3 Å². The average Bonchev–Trinajstić information content (AvgIpc) is 2.30. The third-order valence-corrected chi connectivity index (χ3v) is 2.67. The first-order chi connectivity index (χ1) is 8.08. The highest BCUT2D eigenvalue weighted by atomic mass is 35.5. The number of nitrogens with two attached hydrogens (primary N) is 1. The number of rotatable bonds is 2. The second-order valence-electron chi connectivity index (χ2n) is 3.33. The Bertz CT molecular complexity index is 560. The van der Waals surface area contributed by atoms with E-state index in [-0.39, 0.29) is 11.4 Å². The fourth-order valence-electron chi connectivity index (χ4n) is 1.28. The first-order valence-electron chi connectivity index (χ1n) is 4.75. The SMILES string of the molecule is Nc1c(F)cccc1Oc1cc(Cl)ccc1Cl. The highest BCUT2D eigenvalue weighted by Crippen LogP contribution is 2.34. The van der Waals surface area contributed by atoms with Gasteiger partial charge in [0.05, 0.1) is 5.02 Å². The van der Waals surface area contributed by atoms with Gasteiger partial charge in [0.25, 0.3) is 0 Å². The van der Waals surface area contributed by atoms with Crippen LogP contribution in [0.25, 0.3) is 0 Å². The van der Waals surface area contributed by atoms with Crippen LogP contribution in [-0.2, 0) is 0 Å². The van der Waals surface area contributed by atoms with E-state index in [2.05, 4.69) is 0 Å². The van der Waals surface area contributed by atoms with Gasteiger partial charge in [0.2, 0.25) is 0 Å². The quantitative estimate of drug-likeness (QED) is 0.816. The summed E-state index contributed by atoms with van der Waals surface area (Å²) in [5.74, 6) is -0.00807. The summed E-state index contributed by atoms with van der Waals surface area (Å²) in [5.41, 5.74) is 5.48. The summed E-state index contributed by atoms with van der Waals surface area (Å²) in [6.45, 7) is 0. The van der Waals surface area contributed by atoms with E-state index in [1.165, 1.54) is 18.2 Å². The van der Waals surface area contributed by atoms with Crippen LogP contribution in [0.3, 0.4) is 0 Å². The zero-order valence-corrected chi connectivity index (χ0v) is 10.1. The molecule has 0 aliphatic heterocycles. The molecule has 0 atom stereocenters. The molecule has 0 fully saturated rings. The molecule has 0 heterocycles. The Hall–Kier alpha value is -1.45. The molecule has 0 unspecified atom stereocenters. The topological polar surface area (TPSA) is 35.2 Å². The van der Waals surface area contributed by atoms with E-state index < -0.39 is 5.82 Å². The largest absolute Gasteiger partial charge is 0.453 e. The van der Waals surface area contributed by atoms with Crippen LogP contribution in [0.1, 0.15) is 0 Å². The Kier molecular flexibility index (Phi) is 3.41. The summed E-state index contributed by atoms with van der Waals surface area (Å²) in [6.07, 6.45) is 0. The molecule has 0 bridgehead atoms. The van der Waals surface area contributed by atoms with Crippen LogP contribution in [0.4, 0.5) is 10.1 Å². The molecule has 2 N–H and O–H groups in total. The van der Waals surface area contributed by atoms with Crippen molar-refractivity contribution in [3.63, 3.8) is 0 Å². The molecule has 17 heavy (non-hydrogen) atoms. The van der Waals surface area contributed by atoms with E-state index in [1.54, 1.807) is 18.2 Å². The Morgan fingerprint density at radius 3 is 2.59 bits per heavy atom. The van der Waals surface area contributed by atoms with Gasteiger partial charge in [0, 0.05) is 11.1 Å². The monoisotopic (exact) mass is 271 g/mol. The highest BCUT2D eigenvalue weighted by molar-refractivity contribution is 6.34. The van der Waals surface area contributed by atoms with E-state index in [9.17, 15) is 4.39 Å². The normalized spacial score (nSPS) is 10.3. The zero-order valence-electron chi connectivity index (χ0n) is 8.58. The van der Waals surface area contributed by atoms with Gasteiger partial charge in [-0.1, -0.05) is 29.3 Å². The van der Waals surface area contributed by atoms with Crippen LogP contribution >= 0.6 is 23.2 Å². The molecule has 0 spiro atoms. The molecule has 2 aromatic carbocycles. The van der Waals surface area contributed by atoms with Crippen LogP contribution in [0.5, 0.6) is 11.5 Å². The van der Waals surface area contributed by atoms with Crippen LogP contribution in [0.15, 0.2) is 36.4 Å². The number of halogens is 3. The molecular weight excluding hydrogens is 264 g/mol. The van der Waals surface area contributed by atoms with Gasteiger partial charge < -0.3 is 10.5 Å². The second kappa shape index (κ2) is 4.82. The van der Waals surface area contributed by atoms with Gasteiger partial charge in [-0.3, -0.25) is 0 Å². The molecule has 0 saturated heterocycles. The van der Waals surface area contributed by atoms with Gasteiger partial charge in [-0.2, -0.15) is 0 Å². The van der Waals surface area contributed by atoms with Crippen molar-refractivity contribution in [3.8, 4) is 11.5 Å². The Labute approximate surface area is 108 Å². The molecule has 0 saturated carbocycles. The summed E-state index contributed by atoms with van der Waals surface area (Å²) in [4.78, 5) is 0. The molecule has 0 radical (unpaired) electrons. The van der Waals surface area contributed by atoms with Crippen molar-refractivity contribution in [2.24, 2.45) is 0 Å². The third kappa shape index (κ3) is 2.62. The number of benzene rings is 2. The number of anilines is 1. The van der Waals surface area contributed by atoms with Crippen molar-refractivity contribution in [3.05, 3.63) is 52.3 Å². The smallest absolute Gasteiger partial charge is 0.153 e. The van der Waals surface area contributed by atoms with Gasteiger partial charge in [-0.25, -0.2) is 4.39 Å². The van der Waals surface area contributed by atoms with Crippen LogP contribution < -0.4 is 10.5 Å². The minimum absolute atomic E-state index is 0.0662. The fourth-order valence-corrected chi connectivity index (χ4v) is 1.60. The summed E-state index contributed by atoms with van der Waals surface area (Å²) in [6, 6.07) is 9.06. The average molecular weight is 272 g/mol. The number of nitrogen functional groups attached to an aromatic ring is 1. The molecular formula is C12H8Cl2FNO. The molecule has 0 amide bonds. The van der Waals surface area contributed by atoms with Crippen molar-refractivity contribution in [1.29, 1.82) is 0 Å². The lowest BCUT2D eigenvalue weighted by Gasteiger charge is -2.10. The lowest BCUT2D eigenvalue weighted by molar-refractivity contribution is 0.480. The lowest BCUT2D eigenvalue weighted by Crippen LogP contribution is -1.95. The number of hydrogen-bond donors (Lipinski definition) is 1. The molecule has 2 nitrogen and oxygen atoms in total. The van der Waals surface area contributed by atoms with E-state index in [0.29, 0.717) is 15.8 Å². The van der Waals surface area contributed by atoms with Gasteiger partial charge in [0.1, 0.15) is 17.3 Å². The van der Waals surface area contributed by atoms with Crippen LogP contribution in [0.2, 0.25) is 10.0 Å². The van der Waals surface area contributed by atoms with Crippen molar-refractivity contribution in [1.82, 2.24) is 0 Å². The first-order valence-corrected chi connectivity index (χ1v) is 5.50. The highest BCUT2D eigenvalue weighted by Gasteiger charge is 2.09. The maximum absolute atomic E-state index is 13.2. The summed E-state index contributed by atoms with van der Waals surface area (Å²) in [7, 11) is 0. The van der Waals surface area contributed by atoms with Crippen molar-refractivity contribution in [2.45, 2.75) is 0 Å². The summed E-state index contributed by atoms with van der Waals surface area (Å²) < 4.78 is 18.6. The summed E-state index contributed by atoms with van der Waals surface area (Å²) >= 11 is 11.7. The predicted octanol–water partition coefficient (Wildman–Crippen LogP) is 4.51. The molecule has 0 aliphatic carbocycles. The Morgan fingerprint density at radius 2 is 1.82 bits per heavy atom. The minimum atomic E-state index is -0.541. The lowest BCUT2D eigenvalue weighted by atomic mass is 10.3. The standard InChI is InChI=1S/C12H8Cl2FNO/c13-7-4-5-8(14)11(6-7)17-10-3-1-2-9(15)12(10)16/h1-6H,16H2. The predicted molar refractivity (Wildman–Crippen MR) is 67.3 cm³/mol.